The molecule has 1 N–H and O–H groups in total. The smallest absolute Gasteiger partial charge is 0.144 e. The van der Waals surface area contributed by atoms with Crippen LogP contribution in [0.25, 0.3) is 0 Å². The molecular weight excluding hydrogens is 228 g/mol. The highest BCUT2D eigenvalue weighted by Gasteiger charge is 2.02. The molecule has 0 aliphatic carbocycles. The van der Waals surface area contributed by atoms with E-state index in [2.05, 4.69) is 34.2 Å². The van der Waals surface area contributed by atoms with Crippen LogP contribution < -0.4 is 5.32 Å². The Morgan fingerprint density at radius 3 is 2.78 bits per heavy atom. The van der Waals surface area contributed by atoms with Gasteiger partial charge in [0.25, 0.3) is 0 Å². The summed E-state index contributed by atoms with van der Waals surface area (Å²) in [6.07, 6.45) is 5.76. The molecule has 0 amide bonds. The van der Waals surface area contributed by atoms with Crippen molar-refractivity contribution in [3.8, 4) is 0 Å². The molecule has 18 heavy (non-hydrogen) atoms. The van der Waals surface area contributed by atoms with Crippen LogP contribution in [0.4, 0.5) is 5.82 Å². The van der Waals surface area contributed by atoms with Gasteiger partial charge < -0.3 is 15.0 Å². The van der Waals surface area contributed by atoms with Gasteiger partial charge in [0.15, 0.2) is 0 Å². The number of nitrogens with one attached hydrogen (secondary N) is 1. The van der Waals surface area contributed by atoms with Crippen LogP contribution in [-0.4, -0.2) is 48.7 Å². The van der Waals surface area contributed by atoms with E-state index in [0.717, 1.165) is 50.6 Å². The minimum absolute atomic E-state index is 0.801. The van der Waals surface area contributed by atoms with Gasteiger partial charge in [-0.3, -0.25) is 4.98 Å². The van der Waals surface area contributed by atoms with E-state index < -0.39 is 0 Å². The van der Waals surface area contributed by atoms with E-state index in [1.54, 1.807) is 13.3 Å². The molecule has 0 aliphatic heterocycles. The first kappa shape index (κ1) is 14.9. The average Bonchev–Trinajstić information content (AvgIpc) is 2.38. The fourth-order valence-corrected chi connectivity index (χ4v) is 1.62. The van der Waals surface area contributed by atoms with Crippen LogP contribution in [0.3, 0.4) is 0 Å². The van der Waals surface area contributed by atoms with Crippen LogP contribution in [0.5, 0.6) is 0 Å². The van der Waals surface area contributed by atoms with Gasteiger partial charge in [-0.05, 0) is 19.9 Å². The molecule has 0 fully saturated rings. The van der Waals surface area contributed by atoms with E-state index in [4.69, 9.17) is 4.74 Å². The maximum absolute atomic E-state index is 5.03. The molecule has 0 spiro atoms. The first-order valence-electron chi connectivity index (χ1n) is 6.48. The minimum Gasteiger partial charge on any atom is -0.385 e. The van der Waals surface area contributed by atoms with Crippen LogP contribution in [-0.2, 0) is 11.3 Å². The molecule has 0 radical (unpaired) electrons. The molecule has 0 saturated carbocycles. The van der Waals surface area contributed by atoms with Gasteiger partial charge in [-0.2, -0.15) is 0 Å². The number of ether oxygens (including phenoxy) is 1. The third kappa shape index (κ3) is 5.93. The van der Waals surface area contributed by atoms with Gasteiger partial charge in [-0.15, -0.1) is 0 Å². The number of hydrogen-bond acceptors (Lipinski definition) is 5. The number of anilines is 1. The zero-order valence-corrected chi connectivity index (χ0v) is 11.6. The molecule has 0 aliphatic rings. The molecule has 102 valence electrons. The van der Waals surface area contributed by atoms with Crippen molar-refractivity contribution in [3.63, 3.8) is 0 Å². The third-order valence-corrected chi connectivity index (χ3v) is 2.58. The molecule has 0 saturated heterocycles. The van der Waals surface area contributed by atoms with E-state index in [-0.39, 0.29) is 0 Å². The number of methoxy groups -OCH3 is 1. The van der Waals surface area contributed by atoms with E-state index in [1.807, 2.05) is 6.20 Å². The second kappa shape index (κ2) is 8.83. The second-order valence-electron chi connectivity index (χ2n) is 4.40. The van der Waals surface area contributed by atoms with E-state index in [9.17, 15) is 0 Å². The van der Waals surface area contributed by atoms with Crippen LogP contribution >= 0.6 is 0 Å². The van der Waals surface area contributed by atoms with Gasteiger partial charge in [0.1, 0.15) is 5.82 Å². The quantitative estimate of drug-likeness (QED) is 0.679. The number of rotatable bonds is 9. The topological polar surface area (TPSA) is 50.3 Å². The van der Waals surface area contributed by atoms with Crippen molar-refractivity contribution in [3.05, 3.63) is 18.1 Å². The Kier molecular flexibility index (Phi) is 7.29. The van der Waals surface area contributed by atoms with Crippen LogP contribution in [0.1, 0.15) is 25.5 Å². The summed E-state index contributed by atoms with van der Waals surface area (Å²) in [4.78, 5) is 11.0. The monoisotopic (exact) mass is 252 g/mol. The van der Waals surface area contributed by atoms with Crippen LogP contribution in [0.2, 0.25) is 0 Å². The summed E-state index contributed by atoms with van der Waals surface area (Å²) in [5.41, 5.74) is 0.997. The Bertz CT molecular complexity index is 315. The molecule has 1 heterocycles. The number of nitrogens with zero attached hydrogens (tertiary/aromatic N) is 3. The zero-order valence-electron chi connectivity index (χ0n) is 11.6. The first-order valence-corrected chi connectivity index (χ1v) is 6.48. The van der Waals surface area contributed by atoms with Crippen LogP contribution in [0, 0.1) is 0 Å². The lowest BCUT2D eigenvalue weighted by molar-refractivity contribution is 0.177. The molecule has 0 aromatic carbocycles. The fraction of sp³-hybridized carbons (Fsp3) is 0.692. The molecule has 1 rings (SSSR count). The zero-order chi connectivity index (χ0) is 13.2. The highest BCUT2D eigenvalue weighted by Crippen LogP contribution is 2.03. The highest BCUT2D eigenvalue weighted by molar-refractivity contribution is 5.30. The van der Waals surface area contributed by atoms with E-state index >= 15 is 0 Å². The Morgan fingerprint density at radius 2 is 2.17 bits per heavy atom. The second-order valence-corrected chi connectivity index (χ2v) is 4.40. The maximum Gasteiger partial charge on any atom is 0.144 e. The van der Waals surface area contributed by atoms with Gasteiger partial charge in [0.2, 0.25) is 0 Å². The molecular formula is C13H24N4O. The van der Waals surface area contributed by atoms with Crippen molar-refractivity contribution in [1.82, 2.24) is 14.9 Å². The largest absolute Gasteiger partial charge is 0.385 e. The lowest BCUT2D eigenvalue weighted by Crippen LogP contribution is -2.21. The Balaban J connectivity index is 2.33. The summed E-state index contributed by atoms with van der Waals surface area (Å²) in [7, 11) is 3.81. The van der Waals surface area contributed by atoms with Gasteiger partial charge in [0.05, 0.1) is 18.1 Å². The van der Waals surface area contributed by atoms with Crippen LogP contribution in [0.15, 0.2) is 12.4 Å². The molecule has 1 aromatic heterocycles. The molecule has 0 atom stereocenters. The van der Waals surface area contributed by atoms with Crippen molar-refractivity contribution in [2.75, 3.05) is 39.2 Å². The lowest BCUT2D eigenvalue weighted by atomic mass is 10.3. The Hall–Kier alpha value is -1.20. The molecule has 5 nitrogen and oxygen atoms in total. The lowest BCUT2D eigenvalue weighted by Gasteiger charge is -2.15. The van der Waals surface area contributed by atoms with Crippen molar-refractivity contribution in [1.29, 1.82) is 0 Å². The molecule has 5 heteroatoms. The first-order chi connectivity index (χ1) is 8.76. The summed E-state index contributed by atoms with van der Waals surface area (Å²) in [5, 5.41) is 3.21. The highest BCUT2D eigenvalue weighted by atomic mass is 16.5. The van der Waals surface area contributed by atoms with Crippen molar-refractivity contribution < 1.29 is 4.74 Å². The predicted molar refractivity (Wildman–Crippen MR) is 73.6 cm³/mol. The number of aromatic nitrogens is 2. The third-order valence-electron chi connectivity index (χ3n) is 2.58. The number of hydrogen-bond donors (Lipinski definition) is 1. The predicted octanol–water partition coefficient (Wildman–Crippen LogP) is 1.77. The van der Waals surface area contributed by atoms with E-state index in [0.29, 0.717) is 0 Å². The Labute approximate surface area is 110 Å². The van der Waals surface area contributed by atoms with Crippen molar-refractivity contribution >= 4 is 5.82 Å². The summed E-state index contributed by atoms with van der Waals surface area (Å²) >= 11 is 0. The van der Waals surface area contributed by atoms with Gasteiger partial charge in [-0.25, -0.2) is 4.98 Å². The summed E-state index contributed by atoms with van der Waals surface area (Å²) in [5.74, 6) is 0.850. The maximum atomic E-state index is 5.03. The fourth-order valence-electron chi connectivity index (χ4n) is 1.62. The van der Waals surface area contributed by atoms with Crippen molar-refractivity contribution in [2.45, 2.75) is 26.3 Å². The van der Waals surface area contributed by atoms with Gasteiger partial charge >= 0.3 is 0 Å². The summed E-state index contributed by atoms with van der Waals surface area (Å²) in [6, 6.07) is 0. The summed E-state index contributed by atoms with van der Waals surface area (Å²) in [6.45, 7) is 5.70. The van der Waals surface area contributed by atoms with Gasteiger partial charge in [0, 0.05) is 33.4 Å². The minimum atomic E-state index is 0.801. The molecule has 0 unspecified atom stereocenters. The standard InChI is InChI=1S/C13H24N4O/c1-4-6-14-13-10-15-12(9-16-13)11-17(2)7-5-8-18-3/h9-10H,4-8,11H2,1-3H3,(H,14,16). The Morgan fingerprint density at radius 1 is 1.33 bits per heavy atom. The van der Waals surface area contributed by atoms with Crippen molar-refractivity contribution in [2.24, 2.45) is 0 Å². The summed E-state index contributed by atoms with van der Waals surface area (Å²) < 4.78 is 5.03. The van der Waals surface area contributed by atoms with Gasteiger partial charge in [-0.1, -0.05) is 6.92 Å². The average molecular weight is 252 g/mol. The molecule has 1 aromatic rings. The van der Waals surface area contributed by atoms with E-state index in [1.165, 1.54) is 0 Å². The molecule has 0 bridgehead atoms. The normalized spacial score (nSPS) is 10.9. The SMILES string of the molecule is CCCNc1cnc(CN(C)CCCOC)cn1.